The molecule has 164 valence electrons. The summed E-state index contributed by atoms with van der Waals surface area (Å²) in [6.07, 6.45) is 2.64. The Balaban J connectivity index is 0.00000420. The van der Waals surface area contributed by atoms with Crippen molar-refractivity contribution in [2.75, 3.05) is 54.4 Å². The van der Waals surface area contributed by atoms with Crippen molar-refractivity contribution in [1.29, 1.82) is 0 Å². The summed E-state index contributed by atoms with van der Waals surface area (Å²) in [7, 11) is 7.60. The Morgan fingerprint density at radius 3 is 2.59 bits per heavy atom. The third-order valence-corrected chi connectivity index (χ3v) is 5.08. The highest BCUT2D eigenvalue weighted by molar-refractivity contribution is 14.0. The zero-order valence-electron chi connectivity index (χ0n) is 18.1. The van der Waals surface area contributed by atoms with E-state index < -0.39 is 0 Å². The van der Waals surface area contributed by atoms with Crippen LogP contribution in [0, 0.1) is 5.92 Å². The van der Waals surface area contributed by atoms with Crippen LogP contribution in [0.5, 0.6) is 5.75 Å². The van der Waals surface area contributed by atoms with Crippen LogP contribution >= 0.6 is 24.0 Å². The van der Waals surface area contributed by atoms with Gasteiger partial charge in [-0.15, -0.1) is 24.0 Å². The number of nitrogens with one attached hydrogen (secondary N) is 2. The molecule has 1 fully saturated rings. The van der Waals surface area contributed by atoms with Gasteiger partial charge >= 0.3 is 0 Å². The average Bonchev–Trinajstić information content (AvgIpc) is 2.70. The number of likely N-dealkylation sites (tertiary alicyclic amines) is 1. The number of hydrogen-bond acceptors (Lipinski definition) is 4. The monoisotopic (exact) mass is 517 g/mol. The first-order chi connectivity index (χ1) is 13.5. The van der Waals surface area contributed by atoms with E-state index in [1.807, 2.05) is 39.3 Å². The van der Waals surface area contributed by atoms with Gasteiger partial charge in [0.15, 0.2) is 5.96 Å². The maximum atomic E-state index is 11.6. The molecule has 0 unspecified atom stereocenters. The lowest BCUT2D eigenvalue weighted by Gasteiger charge is -2.34. The third-order valence-electron chi connectivity index (χ3n) is 5.08. The number of carbonyl (C=O) groups excluding carboxylic acids is 1. The maximum absolute atomic E-state index is 11.6. The Hall–Kier alpha value is -1.55. The van der Waals surface area contributed by atoms with Crippen molar-refractivity contribution in [2.45, 2.75) is 25.8 Å². The van der Waals surface area contributed by atoms with Crippen LogP contribution in [-0.2, 0) is 11.3 Å². The van der Waals surface area contributed by atoms with Crippen LogP contribution in [-0.4, -0.2) is 76.1 Å². The number of para-hydroxylation sites is 1. The molecule has 0 spiro atoms. The molecule has 1 aromatic carbocycles. The van der Waals surface area contributed by atoms with Gasteiger partial charge in [0.05, 0.1) is 0 Å². The number of benzene rings is 1. The van der Waals surface area contributed by atoms with Crippen LogP contribution in [0.25, 0.3) is 0 Å². The molecule has 1 aliphatic heterocycles. The Bertz CT molecular complexity index is 646. The minimum Gasteiger partial charge on any atom is -0.492 e. The zero-order chi connectivity index (χ0) is 20.4. The molecule has 0 radical (unpaired) electrons. The van der Waals surface area contributed by atoms with Crippen molar-refractivity contribution in [3.63, 3.8) is 0 Å². The van der Waals surface area contributed by atoms with Crippen LogP contribution in [0.3, 0.4) is 0 Å². The molecule has 0 aliphatic carbocycles. The molecule has 0 bridgehead atoms. The fourth-order valence-electron chi connectivity index (χ4n) is 3.35. The van der Waals surface area contributed by atoms with E-state index in [1.54, 1.807) is 7.05 Å². The molecule has 1 heterocycles. The molecular weight excluding hydrogens is 481 g/mol. The van der Waals surface area contributed by atoms with Crippen LogP contribution in [0.4, 0.5) is 0 Å². The molecule has 2 N–H and O–H groups in total. The number of aliphatic imine (C=N–C) groups is 1. The van der Waals surface area contributed by atoms with Gasteiger partial charge in [-0.2, -0.15) is 0 Å². The van der Waals surface area contributed by atoms with E-state index >= 15 is 0 Å². The quantitative estimate of drug-likeness (QED) is 0.315. The SMILES string of the molecule is CN=C(NCc1ccccc1OCCN(C)C)N1CCC(CC(=O)NC)CC1.I. The van der Waals surface area contributed by atoms with Crippen molar-refractivity contribution >= 4 is 35.8 Å². The number of rotatable bonds is 8. The lowest BCUT2D eigenvalue weighted by atomic mass is 9.93. The van der Waals surface area contributed by atoms with Crippen LogP contribution in [0.1, 0.15) is 24.8 Å². The standard InChI is InChI=1S/C21H35N5O2.HI/c1-22-20(27)15-17-9-11-26(12-10-17)21(23-2)24-16-18-7-5-6-8-19(18)28-14-13-25(3)4;/h5-8,17H,9-16H2,1-4H3,(H,22,27)(H,23,24);1H. The molecule has 1 amide bonds. The van der Waals surface area contributed by atoms with E-state index in [0.29, 0.717) is 25.5 Å². The Morgan fingerprint density at radius 2 is 1.97 bits per heavy atom. The molecule has 0 atom stereocenters. The normalized spacial score (nSPS) is 15.1. The summed E-state index contributed by atoms with van der Waals surface area (Å²) >= 11 is 0. The molecule has 7 nitrogen and oxygen atoms in total. The predicted octanol–water partition coefficient (Wildman–Crippen LogP) is 2.17. The first kappa shape index (κ1) is 25.5. The summed E-state index contributed by atoms with van der Waals surface area (Å²) in [5.74, 6) is 2.41. The third kappa shape index (κ3) is 8.77. The van der Waals surface area contributed by atoms with Crippen LogP contribution in [0.2, 0.25) is 0 Å². The van der Waals surface area contributed by atoms with Gasteiger partial charge in [-0.25, -0.2) is 0 Å². The van der Waals surface area contributed by atoms with Crippen LogP contribution in [0.15, 0.2) is 29.3 Å². The smallest absolute Gasteiger partial charge is 0.220 e. The predicted molar refractivity (Wildman–Crippen MR) is 129 cm³/mol. The number of ether oxygens (including phenoxy) is 1. The summed E-state index contributed by atoms with van der Waals surface area (Å²) in [4.78, 5) is 20.4. The maximum Gasteiger partial charge on any atom is 0.220 e. The number of nitrogens with zero attached hydrogens (tertiary/aromatic N) is 3. The number of carbonyl (C=O) groups is 1. The highest BCUT2D eigenvalue weighted by atomic mass is 127. The van der Waals surface area contributed by atoms with Gasteiger partial charge in [0.25, 0.3) is 0 Å². The van der Waals surface area contributed by atoms with Gasteiger partial charge < -0.3 is 25.2 Å². The summed E-state index contributed by atoms with van der Waals surface area (Å²) in [5.41, 5.74) is 1.12. The second kappa shape index (κ2) is 13.6. The van der Waals surface area contributed by atoms with E-state index in [-0.39, 0.29) is 29.9 Å². The van der Waals surface area contributed by atoms with Gasteiger partial charge in [-0.3, -0.25) is 9.79 Å². The Labute approximate surface area is 192 Å². The first-order valence-corrected chi connectivity index (χ1v) is 10.0. The van der Waals surface area contributed by atoms with E-state index in [0.717, 1.165) is 49.7 Å². The number of halogens is 1. The van der Waals surface area contributed by atoms with Gasteiger partial charge in [-0.05, 0) is 38.9 Å². The van der Waals surface area contributed by atoms with Crippen LogP contribution < -0.4 is 15.4 Å². The summed E-state index contributed by atoms with van der Waals surface area (Å²) in [5, 5.41) is 6.19. The van der Waals surface area contributed by atoms with E-state index in [2.05, 4.69) is 31.5 Å². The molecule has 1 saturated heterocycles. The van der Waals surface area contributed by atoms with E-state index in [9.17, 15) is 4.79 Å². The van der Waals surface area contributed by atoms with Crippen molar-refractivity contribution in [2.24, 2.45) is 10.9 Å². The van der Waals surface area contributed by atoms with Crippen molar-refractivity contribution in [1.82, 2.24) is 20.4 Å². The zero-order valence-corrected chi connectivity index (χ0v) is 20.4. The molecule has 1 aromatic rings. The highest BCUT2D eigenvalue weighted by Gasteiger charge is 2.23. The number of likely N-dealkylation sites (N-methyl/N-ethyl adjacent to an activating group) is 1. The number of guanidine groups is 1. The molecule has 0 saturated carbocycles. The molecule has 0 aromatic heterocycles. The lowest BCUT2D eigenvalue weighted by Crippen LogP contribution is -2.45. The summed E-state index contributed by atoms with van der Waals surface area (Å²) in [6.45, 7) is 4.06. The highest BCUT2D eigenvalue weighted by Crippen LogP contribution is 2.21. The number of amides is 1. The molecule has 8 heteroatoms. The Morgan fingerprint density at radius 1 is 1.28 bits per heavy atom. The fraction of sp³-hybridized carbons (Fsp3) is 0.619. The van der Waals surface area contributed by atoms with Gasteiger partial charge in [0, 0.05) is 52.3 Å². The van der Waals surface area contributed by atoms with E-state index in [1.165, 1.54) is 0 Å². The molecular formula is C21H36IN5O2. The minimum absolute atomic E-state index is 0. The minimum atomic E-state index is 0. The fourth-order valence-corrected chi connectivity index (χ4v) is 3.35. The second-order valence-electron chi connectivity index (χ2n) is 7.47. The number of hydrogen-bond donors (Lipinski definition) is 2. The lowest BCUT2D eigenvalue weighted by molar-refractivity contribution is -0.121. The molecule has 29 heavy (non-hydrogen) atoms. The average molecular weight is 517 g/mol. The van der Waals surface area contributed by atoms with Gasteiger partial charge in [-0.1, -0.05) is 18.2 Å². The van der Waals surface area contributed by atoms with Crippen molar-refractivity contribution < 1.29 is 9.53 Å². The summed E-state index contributed by atoms with van der Waals surface area (Å²) < 4.78 is 5.95. The number of piperidine rings is 1. The summed E-state index contributed by atoms with van der Waals surface area (Å²) in [6, 6.07) is 8.13. The van der Waals surface area contributed by atoms with Gasteiger partial charge in [0.2, 0.25) is 5.91 Å². The Kier molecular flexibility index (Phi) is 12.0. The molecule has 1 aliphatic rings. The van der Waals surface area contributed by atoms with E-state index in [4.69, 9.17) is 4.74 Å². The first-order valence-electron chi connectivity index (χ1n) is 10.0. The largest absolute Gasteiger partial charge is 0.492 e. The topological polar surface area (TPSA) is 69.2 Å². The molecule has 2 rings (SSSR count). The van der Waals surface area contributed by atoms with Gasteiger partial charge in [0.1, 0.15) is 12.4 Å². The van der Waals surface area contributed by atoms with Crippen molar-refractivity contribution in [3.8, 4) is 5.75 Å². The second-order valence-corrected chi connectivity index (χ2v) is 7.47. The van der Waals surface area contributed by atoms with Crippen molar-refractivity contribution in [3.05, 3.63) is 29.8 Å².